The molecule has 6 heteroatoms. The van der Waals surface area contributed by atoms with Crippen molar-refractivity contribution >= 4 is 11.7 Å². The maximum absolute atomic E-state index is 11.9. The molecule has 0 bridgehead atoms. The van der Waals surface area contributed by atoms with Crippen molar-refractivity contribution in [2.24, 2.45) is 11.8 Å². The van der Waals surface area contributed by atoms with E-state index in [4.69, 9.17) is 5.84 Å². The van der Waals surface area contributed by atoms with Gasteiger partial charge in [0.1, 0.15) is 5.69 Å². The van der Waals surface area contributed by atoms with Gasteiger partial charge in [-0.3, -0.25) is 9.78 Å². The molecule has 0 spiro atoms. The van der Waals surface area contributed by atoms with Gasteiger partial charge in [-0.05, 0) is 18.8 Å². The fourth-order valence-corrected chi connectivity index (χ4v) is 2.15. The Morgan fingerprint density at radius 3 is 2.94 bits per heavy atom. The van der Waals surface area contributed by atoms with Crippen LogP contribution in [0.5, 0.6) is 0 Å². The van der Waals surface area contributed by atoms with Crippen molar-refractivity contribution in [1.82, 2.24) is 15.3 Å². The first-order chi connectivity index (χ1) is 8.20. The van der Waals surface area contributed by atoms with Gasteiger partial charge in [-0.25, -0.2) is 10.8 Å². The highest BCUT2D eigenvalue weighted by Gasteiger charge is 2.25. The molecule has 1 aliphatic rings. The van der Waals surface area contributed by atoms with Crippen LogP contribution in [0.25, 0.3) is 0 Å². The fraction of sp³-hybridized carbons (Fsp3) is 0.545. The highest BCUT2D eigenvalue weighted by Crippen LogP contribution is 2.24. The Bertz CT molecular complexity index is 409. The molecule has 92 valence electrons. The van der Waals surface area contributed by atoms with Gasteiger partial charge in [0.05, 0.1) is 12.4 Å². The van der Waals surface area contributed by atoms with E-state index in [9.17, 15) is 4.79 Å². The van der Waals surface area contributed by atoms with Gasteiger partial charge in [-0.2, -0.15) is 0 Å². The van der Waals surface area contributed by atoms with Gasteiger partial charge < -0.3 is 10.7 Å². The van der Waals surface area contributed by atoms with E-state index in [1.54, 1.807) is 0 Å². The number of nitrogens with one attached hydrogen (secondary N) is 2. The first-order valence-corrected chi connectivity index (χ1v) is 5.80. The van der Waals surface area contributed by atoms with Gasteiger partial charge >= 0.3 is 0 Å². The molecule has 0 saturated heterocycles. The number of rotatable bonds is 3. The summed E-state index contributed by atoms with van der Waals surface area (Å²) in [6.45, 7) is 2.15. The molecule has 1 amide bonds. The Balaban J connectivity index is 2.03. The summed E-state index contributed by atoms with van der Waals surface area (Å²) in [5.41, 5.74) is 2.66. The minimum absolute atomic E-state index is 0.187. The molecule has 2 unspecified atom stereocenters. The molecule has 1 saturated carbocycles. The van der Waals surface area contributed by atoms with Crippen LogP contribution in [-0.4, -0.2) is 21.9 Å². The van der Waals surface area contributed by atoms with Gasteiger partial charge in [0.25, 0.3) is 5.91 Å². The maximum Gasteiger partial charge on any atom is 0.271 e. The quantitative estimate of drug-likeness (QED) is 0.529. The number of hydrogen-bond donors (Lipinski definition) is 3. The maximum atomic E-state index is 11.9. The van der Waals surface area contributed by atoms with E-state index >= 15 is 0 Å². The van der Waals surface area contributed by atoms with E-state index in [0.717, 1.165) is 6.42 Å². The summed E-state index contributed by atoms with van der Waals surface area (Å²) >= 11 is 0. The number of hydrazine groups is 1. The first kappa shape index (κ1) is 11.8. The number of carbonyl (C=O) groups excluding carboxylic acids is 1. The Labute approximate surface area is 100.0 Å². The summed E-state index contributed by atoms with van der Waals surface area (Å²) in [5, 5.41) is 2.99. The van der Waals surface area contributed by atoms with Gasteiger partial charge in [-0.15, -0.1) is 0 Å². The fourth-order valence-electron chi connectivity index (χ4n) is 2.15. The minimum Gasteiger partial charge on any atom is -0.348 e. The molecule has 4 N–H and O–H groups in total. The second-order valence-corrected chi connectivity index (χ2v) is 4.42. The zero-order valence-corrected chi connectivity index (χ0v) is 9.81. The average molecular weight is 235 g/mol. The average Bonchev–Trinajstić information content (AvgIpc) is 2.75. The number of amides is 1. The van der Waals surface area contributed by atoms with Gasteiger partial charge in [-0.1, -0.05) is 13.3 Å². The Morgan fingerprint density at radius 2 is 2.29 bits per heavy atom. The lowest BCUT2D eigenvalue weighted by atomic mass is 10.1. The van der Waals surface area contributed by atoms with E-state index in [0.29, 0.717) is 17.4 Å². The molecular formula is C11H17N5O. The van der Waals surface area contributed by atoms with E-state index in [2.05, 4.69) is 27.6 Å². The van der Waals surface area contributed by atoms with Crippen LogP contribution in [0, 0.1) is 5.92 Å². The summed E-state index contributed by atoms with van der Waals surface area (Å²) in [4.78, 5) is 19.9. The largest absolute Gasteiger partial charge is 0.348 e. The third kappa shape index (κ3) is 2.71. The van der Waals surface area contributed by atoms with Crippen LogP contribution >= 0.6 is 0 Å². The zero-order valence-electron chi connectivity index (χ0n) is 9.81. The lowest BCUT2D eigenvalue weighted by molar-refractivity contribution is 0.0924. The van der Waals surface area contributed by atoms with Crippen LogP contribution in [0.15, 0.2) is 12.4 Å². The standard InChI is InChI=1S/C11H17N5O/c1-7-3-2-4-8(7)15-11(17)9-5-13-6-10(14-9)16-12/h5-8H,2-4,12H2,1H3,(H,14,16)(H,15,17). The van der Waals surface area contributed by atoms with Crippen molar-refractivity contribution in [2.45, 2.75) is 32.2 Å². The van der Waals surface area contributed by atoms with Crippen molar-refractivity contribution < 1.29 is 4.79 Å². The second kappa shape index (κ2) is 5.09. The van der Waals surface area contributed by atoms with Gasteiger partial charge in [0.2, 0.25) is 0 Å². The van der Waals surface area contributed by atoms with Crippen molar-refractivity contribution in [3.63, 3.8) is 0 Å². The number of nitrogens with zero attached hydrogens (tertiary/aromatic N) is 2. The predicted molar refractivity (Wildman–Crippen MR) is 64.1 cm³/mol. The Hall–Kier alpha value is -1.69. The summed E-state index contributed by atoms with van der Waals surface area (Å²) in [7, 11) is 0. The smallest absolute Gasteiger partial charge is 0.271 e. The number of nitrogens with two attached hydrogens (primary N) is 1. The van der Waals surface area contributed by atoms with E-state index in [1.165, 1.54) is 25.2 Å². The van der Waals surface area contributed by atoms with Crippen molar-refractivity contribution in [3.8, 4) is 0 Å². The van der Waals surface area contributed by atoms with Crippen molar-refractivity contribution in [3.05, 3.63) is 18.1 Å². The topological polar surface area (TPSA) is 92.9 Å². The molecule has 1 fully saturated rings. The number of carbonyl (C=O) groups is 1. The minimum atomic E-state index is -0.187. The lowest BCUT2D eigenvalue weighted by Crippen LogP contribution is -2.37. The van der Waals surface area contributed by atoms with Crippen LogP contribution < -0.4 is 16.6 Å². The van der Waals surface area contributed by atoms with Crippen LogP contribution in [0.2, 0.25) is 0 Å². The van der Waals surface area contributed by atoms with E-state index in [1.807, 2.05) is 0 Å². The molecule has 1 aromatic rings. The number of anilines is 1. The van der Waals surface area contributed by atoms with Crippen LogP contribution in [0.1, 0.15) is 36.7 Å². The Kier molecular flexibility index (Phi) is 3.53. The predicted octanol–water partition coefficient (Wildman–Crippen LogP) is 0.681. The summed E-state index contributed by atoms with van der Waals surface area (Å²) < 4.78 is 0. The molecular weight excluding hydrogens is 218 g/mol. The summed E-state index contributed by atoms with van der Waals surface area (Å²) in [6.07, 6.45) is 6.28. The number of aromatic nitrogens is 2. The Morgan fingerprint density at radius 1 is 1.47 bits per heavy atom. The monoisotopic (exact) mass is 235 g/mol. The van der Waals surface area contributed by atoms with Crippen molar-refractivity contribution in [2.75, 3.05) is 5.43 Å². The molecule has 2 rings (SSSR count). The SMILES string of the molecule is CC1CCCC1NC(=O)c1cncc(NN)n1. The number of hydrogen-bond acceptors (Lipinski definition) is 5. The molecule has 17 heavy (non-hydrogen) atoms. The van der Waals surface area contributed by atoms with Crippen molar-refractivity contribution in [1.29, 1.82) is 0 Å². The lowest BCUT2D eigenvalue weighted by Gasteiger charge is -2.16. The highest BCUT2D eigenvalue weighted by molar-refractivity contribution is 5.92. The third-order valence-electron chi connectivity index (χ3n) is 3.19. The van der Waals surface area contributed by atoms with Crippen LogP contribution in [0.3, 0.4) is 0 Å². The normalized spacial score (nSPS) is 23.4. The molecule has 6 nitrogen and oxygen atoms in total. The molecule has 0 radical (unpaired) electrons. The molecule has 1 aliphatic carbocycles. The first-order valence-electron chi connectivity index (χ1n) is 5.80. The van der Waals surface area contributed by atoms with E-state index in [-0.39, 0.29) is 11.9 Å². The molecule has 0 aromatic carbocycles. The molecule has 1 heterocycles. The highest BCUT2D eigenvalue weighted by atomic mass is 16.2. The summed E-state index contributed by atoms with van der Waals surface area (Å²) in [5.74, 6) is 5.95. The van der Waals surface area contributed by atoms with Crippen LogP contribution in [-0.2, 0) is 0 Å². The third-order valence-corrected chi connectivity index (χ3v) is 3.19. The van der Waals surface area contributed by atoms with Gasteiger partial charge in [0, 0.05) is 6.04 Å². The van der Waals surface area contributed by atoms with E-state index < -0.39 is 0 Å². The molecule has 1 aromatic heterocycles. The zero-order chi connectivity index (χ0) is 12.3. The molecule has 0 aliphatic heterocycles. The summed E-state index contributed by atoms with van der Waals surface area (Å²) in [6, 6.07) is 0.249. The second-order valence-electron chi connectivity index (χ2n) is 4.42. The molecule has 2 atom stereocenters. The van der Waals surface area contributed by atoms with Crippen LogP contribution in [0.4, 0.5) is 5.82 Å². The van der Waals surface area contributed by atoms with Gasteiger partial charge in [0.15, 0.2) is 5.82 Å². The number of nitrogen functional groups attached to an aromatic ring is 1.